The largest absolute Gasteiger partial charge is 0.381 e. The third kappa shape index (κ3) is 7.17. The van der Waals surface area contributed by atoms with Crippen LogP contribution in [0.5, 0.6) is 0 Å². The molecular weight excluding hydrogens is 206 g/mol. The molecule has 96 valence electrons. The molecule has 0 amide bonds. The monoisotopic (exact) mass is 231 g/mol. The van der Waals surface area contributed by atoms with E-state index in [4.69, 9.17) is 14.2 Å². The second-order valence-electron chi connectivity index (χ2n) is 4.16. The highest BCUT2D eigenvalue weighted by molar-refractivity contribution is 4.66. The van der Waals surface area contributed by atoms with Crippen LogP contribution in [-0.2, 0) is 14.2 Å². The molecule has 0 aromatic rings. The van der Waals surface area contributed by atoms with Crippen LogP contribution in [0.25, 0.3) is 0 Å². The molecule has 0 bridgehead atoms. The lowest BCUT2D eigenvalue weighted by Crippen LogP contribution is -2.26. The summed E-state index contributed by atoms with van der Waals surface area (Å²) < 4.78 is 16.0. The Labute approximate surface area is 98.6 Å². The first kappa shape index (κ1) is 13.9. The maximum atomic E-state index is 5.43. The van der Waals surface area contributed by atoms with Crippen LogP contribution in [0, 0.1) is 5.92 Å². The number of ether oxygens (including phenoxy) is 3. The summed E-state index contributed by atoms with van der Waals surface area (Å²) in [6, 6.07) is 0. The summed E-state index contributed by atoms with van der Waals surface area (Å²) in [6.07, 6.45) is 2.27. The topological polar surface area (TPSA) is 39.7 Å². The van der Waals surface area contributed by atoms with Crippen LogP contribution in [-0.4, -0.2) is 52.7 Å². The minimum Gasteiger partial charge on any atom is -0.381 e. The van der Waals surface area contributed by atoms with Crippen LogP contribution < -0.4 is 5.32 Å². The van der Waals surface area contributed by atoms with Gasteiger partial charge >= 0.3 is 0 Å². The molecule has 1 aliphatic rings. The molecule has 1 saturated heterocycles. The van der Waals surface area contributed by atoms with Gasteiger partial charge in [0.15, 0.2) is 0 Å². The maximum Gasteiger partial charge on any atom is 0.0701 e. The van der Waals surface area contributed by atoms with Crippen LogP contribution in [0.15, 0.2) is 0 Å². The lowest BCUT2D eigenvalue weighted by Gasteiger charge is -2.09. The van der Waals surface area contributed by atoms with Crippen molar-refractivity contribution in [2.75, 3.05) is 52.7 Å². The molecular formula is C12H25NO3. The summed E-state index contributed by atoms with van der Waals surface area (Å²) in [5, 5.41) is 3.38. The highest BCUT2D eigenvalue weighted by Gasteiger charge is 2.14. The number of nitrogens with one attached hydrogen (secondary N) is 1. The summed E-state index contributed by atoms with van der Waals surface area (Å²) in [5.74, 6) is 0.702. The molecule has 16 heavy (non-hydrogen) atoms. The van der Waals surface area contributed by atoms with E-state index in [9.17, 15) is 0 Å². The van der Waals surface area contributed by atoms with Gasteiger partial charge in [-0.15, -0.1) is 0 Å². The first-order chi connectivity index (χ1) is 7.93. The van der Waals surface area contributed by atoms with E-state index in [1.54, 1.807) is 0 Å². The quantitative estimate of drug-likeness (QED) is 0.571. The summed E-state index contributed by atoms with van der Waals surface area (Å²) in [4.78, 5) is 0. The Bertz CT molecular complexity index is 149. The van der Waals surface area contributed by atoms with Gasteiger partial charge in [0.1, 0.15) is 0 Å². The van der Waals surface area contributed by atoms with Crippen molar-refractivity contribution >= 4 is 0 Å². The van der Waals surface area contributed by atoms with Gasteiger partial charge in [-0.05, 0) is 18.8 Å². The van der Waals surface area contributed by atoms with E-state index in [1.165, 1.54) is 6.42 Å². The first-order valence-electron chi connectivity index (χ1n) is 6.37. The Morgan fingerprint density at radius 1 is 1.19 bits per heavy atom. The van der Waals surface area contributed by atoms with E-state index >= 15 is 0 Å². The zero-order valence-electron chi connectivity index (χ0n) is 10.4. The predicted molar refractivity (Wildman–Crippen MR) is 63.7 cm³/mol. The molecule has 4 heteroatoms. The van der Waals surface area contributed by atoms with Gasteiger partial charge < -0.3 is 19.5 Å². The van der Waals surface area contributed by atoms with Crippen LogP contribution >= 0.6 is 0 Å². The average molecular weight is 231 g/mol. The molecule has 0 saturated carbocycles. The standard InChI is InChI=1S/C12H25NO3/c1-2-5-14-8-9-15-7-4-13-10-12-3-6-16-11-12/h12-13H,2-11H2,1H3. The van der Waals surface area contributed by atoms with Gasteiger partial charge in [0.25, 0.3) is 0 Å². The first-order valence-corrected chi connectivity index (χ1v) is 6.37. The summed E-state index contributed by atoms with van der Waals surface area (Å²) >= 11 is 0. The fourth-order valence-electron chi connectivity index (χ4n) is 1.66. The van der Waals surface area contributed by atoms with Gasteiger partial charge in [-0.2, -0.15) is 0 Å². The van der Waals surface area contributed by atoms with Crippen molar-refractivity contribution in [1.29, 1.82) is 0 Å². The molecule has 1 heterocycles. The van der Waals surface area contributed by atoms with Crippen molar-refractivity contribution in [3.8, 4) is 0 Å². The average Bonchev–Trinajstić information content (AvgIpc) is 2.80. The highest BCUT2D eigenvalue weighted by atomic mass is 16.5. The minimum absolute atomic E-state index is 0.702. The van der Waals surface area contributed by atoms with Gasteiger partial charge in [0.05, 0.1) is 26.4 Å². The molecule has 0 aromatic heterocycles. The van der Waals surface area contributed by atoms with Gasteiger partial charge in [0, 0.05) is 26.3 Å². The van der Waals surface area contributed by atoms with Crippen molar-refractivity contribution in [2.45, 2.75) is 19.8 Å². The Morgan fingerprint density at radius 2 is 2.00 bits per heavy atom. The minimum atomic E-state index is 0.702. The predicted octanol–water partition coefficient (Wildman–Crippen LogP) is 1.06. The van der Waals surface area contributed by atoms with E-state index in [-0.39, 0.29) is 0 Å². The van der Waals surface area contributed by atoms with Gasteiger partial charge in [-0.3, -0.25) is 0 Å². The fraction of sp³-hybridized carbons (Fsp3) is 1.00. The Morgan fingerprint density at radius 3 is 2.69 bits per heavy atom. The maximum absolute atomic E-state index is 5.43. The normalized spacial score (nSPS) is 20.4. The summed E-state index contributed by atoms with van der Waals surface area (Å²) in [5.41, 5.74) is 0. The van der Waals surface area contributed by atoms with E-state index in [0.29, 0.717) is 19.1 Å². The van der Waals surface area contributed by atoms with Crippen molar-refractivity contribution in [2.24, 2.45) is 5.92 Å². The van der Waals surface area contributed by atoms with Gasteiger partial charge in [-0.1, -0.05) is 6.92 Å². The van der Waals surface area contributed by atoms with Crippen LogP contribution in [0.1, 0.15) is 19.8 Å². The van der Waals surface area contributed by atoms with Crippen LogP contribution in [0.2, 0.25) is 0 Å². The van der Waals surface area contributed by atoms with Crippen molar-refractivity contribution in [3.05, 3.63) is 0 Å². The molecule has 1 aliphatic heterocycles. The second kappa shape index (κ2) is 10.0. The third-order valence-corrected chi connectivity index (χ3v) is 2.60. The molecule has 1 unspecified atom stereocenters. The van der Waals surface area contributed by atoms with E-state index in [0.717, 1.165) is 45.9 Å². The summed E-state index contributed by atoms with van der Waals surface area (Å²) in [7, 11) is 0. The van der Waals surface area contributed by atoms with Crippen LogP contribution in [0.3, 0.4) is 0 Å². The fourth-order valence-corrected chi connectivity index (χ4v) is 1.66. The van der Waals surface area contributed by atoms with E-state index < -0.39 is 0 Å². The highest BCUT2D eigenvalue weighted by Crippen LogP contribution is 2.10. The van der Waals surface area contributed by atoms with Gasteiger partial charge in [0.2, 0.25) is 0 Å². The van der Waals surface area contributed by atoms with Crippen LogP contribution in [0.4, 0.5) is 0 Å². The molecule has 1 rings (SSSR count). The van der Waals surface area contributed by atoms with Crippen molar-refractivity contribution < 1.29 is 14.2 Å². The summed E-state index contributed by atoms with van der Waals surface area (Å²) in [6.45, 7) is 8.94. The Hall–Kier alpha value is -0.160. The number of hydrogen-bond donors (Lipinski definition) is 1. The second-order valence-corrected chi connectivity index (χ2v) is 4.16. The third-order valence-electron chi connectivity index (χ3n) is 2.60. The lowest BCUT2D eigenvalue weighted by atomic mass is 10.1. The Kier molecular flexibility index (Phi) is 8.71. The zero-order valence-corrected chi connectivity index (χ0v) is 10.4. The van der Waals surface area contributed by atoms with E-state index in [2.05, 4.69) is 12.2 Å². The molecule has 0 aromatic carbocycles. The van der Waals surface area contributed by atoms with E-state index in [1.807, 2.05) is 0 Å². The van der Waals surface area contributed by atoms with Crippen molar-refractivity contribution in [1.82, 2.24) is 5.32 Å². The molecule has 0 aliphatic carbocycles. The van der Waals surface area contributed by atoms with Crippen molar-refractivity contribution in [3.63, 3.8) is 0 Å². The molecule has 0 radical (unpaired) electrons. The molecule has 4 nitrogen and oxygen atoms in total. The number of rotatable bonds is 10. The SMILES string of the molecule is CCCOCCOCCNCC1CCOC1. The number of hydrogen-bond acceptors (Lipinski definition) is 4. The molecule has 0 spiro atoms. The van der Waals surface area contributed by atoms with Gasteiger partial charge in [-0.25, -0.2) is 0 Å². The molecule has 1 fully saturated rings. The zero-order chi connectivity index (χ0) is 11.5. The smallest absolute Gasteiger partial charge is 0.0701 e. The molecule has 1 atom stereocenters. The molecule has 1 N–H and O–H groups in total. The Balaban J connectivity index is 1.71. The lowest BCUT2D eigenvalue weighted by molar-refractivity contribution is 0.0488.